The summed E-state index contributed by atoms with van der Waals surface area (Å²) >= 11 is 5.68. The van der Waals surface area contributed by atoms with E-state index in [0.29, 0.717) is 0 Å². The minimum absolute atomic E-state index is 0.109. The zero-order valence-electron chi connectivity index (χ0n) is 8.16. The fourth-order valence-electron chi connectivity index (χ4n) is 0.876. The number of methoxy groups -OCH3 is 1. The Kier molecular flexibility index (Phi) is 4.26. The van der Waals surface area contributed by atoms with E-state index in [2.05, 4.69) is 15.3 Å². The molecule has 0 aliphatic rings. The van der Waals surface area contributed by atoms with Gasteiger partial charge >= 0.3 is 0 Å². The monoisotopic (exact) mass is 230 g/mol. The third-order valence-corrected chi connectivity index (χ3v) is 1.70. The molecule has 1 heterocycles. The molecule has 82 valence electrons. The van der Waals surface area contributed by atoms with E-state index in [-0.39, 0.29) is 35.9 Å². The van der Waals surface area contributed by atoms with Gasteiger partial charge in [-0.2, -0.15) is 4.98 Å². The van der Waals surface area contributed by atoms with Crippen LogP contribution >= 0.6 is 11.6 Å². The van der Waals surface area contributed by atoms with Crippen LogP contribution in [-0.4, -0.2) is 29.5 Å². The van der Waals surface area contributed by atoms with Crippen molar-refractivity contribution in [3.8, 4) is 5.88 Å². The molecule has 0 aliphatic heterocycles. The number of nitrogens with one attached hydrogen (secondary N) is 1. The molecule has 0 aliphatic carbocycles. The van der Waals surface area contributed by atoms with E-state index in [1.807, 2.05) is 0 Å². The maximum atomic E-state index is 11.2. The van der Waals surface area contributed by atoms with E-state index in [4.69, 9.17) is 22.1 Å². The lowest BCUT2D eigenvalue weighted by atomic mass is 10.4. The molecule has 0 radical (unpaired) electrons. The van der Waals surface area contributed by atoms with Crippen molar-refractivity contribution in [3.63, 3.8) is 0 Å². The van der Waals surface area contributed by atoms with Crippen LogP contribution in [0.1, 0.15) is 6.42 Å². The van der Waals surface area contributed by atoms with Gasteiger partial charge in [-0.1, -0.05) is 11.6 Å². The molecule has 1 rings (SSSR count). The lowest BCUT2D eigenvalue weighted by molar-refractivity contribution is -0.116. The van der Waals surface area contributed by atoms with E-state index < -0.39 is 0 Å². The Balaban J connectivity index is 2.76. The van der Waals surface area contributed by atoms with E-state index in [1.165, 1.54) is 13.2 Å². The molecule has 0 spiro atoms. The van der Waals surface area contributed by atoms with Crippen molar-refractivity contribution in [1.29, 1.82) is 0 Å². The van der Waals surface area contributed by atoms with Crippen molar-refractivity contribution in [3.05, 3.63) is 11.2 Å². The summed E-state index contributed by atoms with van der Waals surface area (Å²) in [5.41, 5.74) is 5.22. The summed E-state index contributed by atoms with van der Waals surface area (Å²) in [5.74, 6) is 0.137. The molecule has 1 amide bonds. The molecule has 0 bridgehead atoms. The molecule has 0 saturated carbocycles. The van der Waals surface area contributed by atoms with Crippen LogP contribution in [0.25, 0.3) is 0 Å². The molecule has 0 atom stereocenters. The first kappa shape index (κ1) is 11.7. The fraction of sp³-hybridized carbons (Fsp3) is 0.375. The molecule has 0 aromatic carbocycles. The second-order valence-corrected chi connectivity index (χ2v) is 3.03. The summed E-state index contributed by atoms with van der Waals surface area (Å²) in [5, 5.41) is 2.65. The highest BCUT2D eigenvalue weighted by atomic mass is 35.5. The fourth-order valence-corrected chi connectivity index (χ4v) is 1.05. The minimum atomic E-state index is -0.262. The zero-order chi connectivity index (χ0) is 11.3. The van der Waals surface area contributed by atoms with E-state index in [0.717, 1.165) is 0 Å². The average Bonchev–Trinajstić information content (AvgIpc) is 2.17. The van der Waals surface area contributed by atoms with Crippen LogP contribution < -0.4 is 15.8 Å². The minimum Gasteiger partial charge on any atom is -0.481 e. The molecule has 1 aromatic rings. The van der Waals surface area contributed by atoms with Crippen LogP contribution in [0.2, 0.25) is 5.15 Å². The largest absolute Gasteiger partial charge is 0.481 e. The van der Waals surface area contributed by atoms with E-state index in [1.54, 1.807) is 0 Å². The van der Waals surface area contributed by atoms with Gasteiger partial charge in [-0.3, -0.25) is 10.1 Å². The van der Waals surface area contributed by atoms with Crippen LogP contribution in [0.5, 0.6) is 5.88 Å². The van der Waals surface area contributed by atoms with Gasteiger partial charge in [-0.05, 0) is 0 Å². The number of halogens is 1. The first-order valence-electron chi connectivity index (χ1n) is 4.24. The van der Waals surface area contributed by atoms with Crippen molar-refractivity contribution in [2.45, 2.75) is 6.42 Å². The summed E-state index contributed by atoms with van der Waals surface area (Å²) in [6.07, 6.45) is 0.207. The van der Waals surface area contributed by atoms with Crippen LogP contribution in [0.4, 0.5) is 5.95 Å². The SMILES string of the molecule is COc1cc(Cl)nc(NC(=O)CCN)n1. The molecular weight excluding hydrogens is 220 g/mol. The van der Waals surface area contributed by atoms with Gasteiger partial charge in [0, 0.05) is 19.0 Å². The number of hydrogen-bond donors (Lipinski definition) is 2. The number of nitrogens with two attached hydrogens (primary N) is 1. The second-order valence-electron chi connectivity index (χ2n) is 2.64. The number of amides is 1. The molecule has 7 heteroatoms. The number of carbonyl (C=O) groups is 1. The molecule has 15 heavy (non-hydrogen) atoms. The smallest absolute Gasteiger partial charge is 0.234 e. The van der Waals surface area contributed by atoms with Gasteiger partial charge in [0.05, 0.1) is 7.11 Å². The number of carbonyl (C=O) groups excluding carboxylic acids is 1. The van der Waals surface area contributed by atoms with E-state index >= 15 is 0 Å². The maximum Gasteiger partial charge on any atom is 0.234 e. The lowest BCUT2D eigenvalue weighted by Gasteiger charge is -2.04. The number of rotatable bonds is 4. The summed E-state index contributed by atoms with van der Waals surface area (Å²) in [4.78, 5) is 18.9. The first-order valence-corrected chi connectivity index (χ1v) is 4.62. The Morgan fingerprint density at radius 1 is 1.67 bits per heavy atom. The van der Waals surface area contributed by atoms with Crippen LogP contribution in [0.15, 0.2) is 6.07 Å². The van der Waals surface area contributed by atoms with Gasteiger partial charge in [0.1, 0.15) is 5.15 Å². The van der Waals surface area contributed by atoms with Crippen LogP contribution in [0.3, 0.4) is 0 Å². The molecule has 3 N–H and O–H groups in total. The van der Waals surface area contributed by atoms with Crippen LogP contribution in [0, 0.1) is 0 Å². The van der Waals surface area contributed by atoms with Crippen molar-refractivity contribution >= 4 is 23.5 Å². The summed E-state index contributed by atoms with van der Waals surface area (Å²) in [7, 11) is 1.45. The van der Waals surface area contributed by atoms with Crippen LogP contribution in [-0.2, 0) is 4.79 Å². The van der Waals surface area contributed by atoms with Gasteiger partial charge in [0.15, 0.2) is 0 Å². The maximum absolute atomic E-state index is 11.2. The number of nitrogens with zero attached hydrogens (tertiary/aromatic N) is 2. The molecule has 0 fully saturated rings. The summed E-state index contributed by atoms with van der Waals surface area (Å²) in [6, 6.07) is 1.44. The molecule has 0 saturated heterocycles. The molecular formula is C8H11ClN4O2. The number of aromatic nitrogens is 2. The summed E-state index contributed by atoms with van der Waals surface area (Å²) in [6.45, 7) is 0.267. The Morgan fingerprint density at radius 3 is 3.00 bits per heavy atom. The first-order chi connectivity index (χ1) is 7.15. The van der Waals surface area contributed by atoms with Crippen molar-refractivity contribution in [2.24, 2.45) is 5.73 Å². The number of hydrogen-bond acceptors (Lipinski definition) is 5. The quantitative estimate of drug-likeness (QED) is 0.732. The lowest BCUT2D eigenvalue weighted by Crippen LogP contribution is -2.17. The molecule has 1 aromatic heterocycles. The van der Waals surface area contributed by atoms with Gasteiger partial charge < -0.3 is 10.5 Å². The normalized spacial score (nSPS) is 9.80. The van der Waals surface area contributed by atoms with Gasteiger partial charge in [0.2, 0.25) is 17.7 Å². The van der Waals surface area contributed by atoms with Gasteiger partial charge in [0.25, 0.3) is 0 Å². The predicted octanol–water partition coefficient (Wildman–Crippen LogP) is 0.426. The Bertz CT molecular complexity index is 358. The highest BCUT2D eigenvalue weighted by Gasteiger charge is 2.06. The third-order valence-electron chi connectivity index (χ3n) is 1.50. The topological polar surface area (TPSA) is 90.1 Å². The summed E-state index contributed by atoms with van der Waals surface area (Å²) < 4.78 is 4.87. The van der Waals surface area contributed by atoms with Crippen molar-refractivity contribution < 1.29 is 9.53 Å². The third kappa shape index (κ3) is 3.69. The van der Waals surface area contributed by atoms with E-state index in [9.17, 15) is 4.79 Å². The highest BCUT2D eigenvalue weighted by Crippen LogP contribution is 2.15. The van der Waals surface area contributed by atoms with Crippen molar-refractivity contribution in [1.82, 2.24) is 9.97 Å². The van der Waals surface area contributed by atoms with Gasteiger partial charge in [-0.15, -0.1) is 0 Å². The average molecular weight is 231 g/mol. The molecule has 6 nitrogen and oxygen atoms in total. The number of anilines is 1. The zero-order valence-corrected chi connectivity index (χ0v) is 8.91. The Labute approximate surface area is 91.8 Å². The number of ether oxygens (including phenoxy) is 1. The van der Waals surface area contributed by atoms with Crippen molar-refractivity contribution in [2.75, 3.05) is 19.0 Å². The highest BCUT2D eigenvalue weighted by molar-refractivity contribution is 6.29. The Hall–Kier alpha value is -1.40. The second kappa shape index (κ2) is 5.47. The van der Waals surface area contributed by atoms with Gasteiger partial charge in [-0.25, -0.2) is 4.98 Å². The predicted molar refractivity (Wildman–Crippen MR) is 55.9 cm³/mol. The standard InChI is InChI=1S/C8H11ClN4O2/c1-15-7-4-5(9)11-8(13-7)12-6(14)2-3-10/h4H,2-3,10H2,1H3,(H,11,12,13,14). The Morgan fingerprint density at radius 2 is 2.40 bits per heavy atom. The molecule has 0 unspecified atom stereocenters.